The second-order valence-electron chi connectivity index (χ2n) is 3.69. The lowest BCUT2D eigenvalue weighted by Crippen LogP contribution is -2.17. The monoisotopic (exact) mass is 284 g/mol. The van der Waals surface area contributed by atoms with Gasteiger partial charge in [0.25, 0.3) is 0 Å². The summed E-state index contributed by atoms with van der Waals surface area (Å²) in [7, 11) is 0. The Morgan fingerprint density at radius 2 is 2.19 bits per heavy atom. The van der Waals surface area contributed by atoms with Crippen LogP contribution in [0, 0.1) is 6.92 Å². The van der Waals surface area contributed by atoms with Gasteiger partial charge in [0.05, 0.1) is 0 Å². The second kappa shape index (κ2) is 4.87. The molecule has 0 aliphatic carbocycles. The topological polar surface area (TPSA) is 35.5 Å². The van der Waals surface area contributed by atoms with Crippen LogP contribution in [0.15, 0.2) is 10.5 Å². The van der Waals surface area contributed by atoms with E-state index in [0.29, 0.717) is 19.6 Å². The minimum Gasteiger partial charge on any atom is -0.486 e. The number of hydrogen-bond donors (Lipinski definition) is 0. The number of benzene rings is 1. The molecule has 0 atom stereocenters. The highest BCUT2D eigenvalue weighted by atomic mass is 79.9. The largest absolute Gasteiger partial charge is 0.486 e. The normalized spacial score (nSPS) is 13.6. The van der Waals surface area contributed by atoms with Gasteiger partial charge in [-0.1, -0.05) is 15.9 Å². The molecule has 0 amide bonds. The number of fused-ring (bicyclic) bond motifs is 1. The molecule has 1 aliphatic heterocycles. The highest BCUT2D eigenvalue weighted by Crippen LogP contribution is 2.39. The molecule has 0 bridgehead atoms. The van der Waals surface area contributed by atoms with E-state index in [0.717, 1.165) is 39.8 Å². The van der Waals surface area contributed by atoms with Crippen molar-refractivity contribution in [1.82, 2.24) is 0 Å². The molecule has 0 aromatic heterocycles. The lowest BCUT2D eigenvalue weighted by atomic mass is 10.0. The predicted molar refractivity (Wildman–Crippen MR) is 64.3 cm³/mol. The van der Waals surface area contributed by atoms with Gasteiger partial charge in [0.15, 0.2) is 11.5 Å². The maximum atomic E-state index is 10.4. The van der Waals surface area contributed by atoms with E-state index in [9.17, 15) is 4.79 Å². The molecule has 1 aromatic rings. The lowest BCUT2D eigenvalue weighted by Gasteiger charge is -2.22. The molecule has 0 N–H and O–H groups in total. The second-order valence-corrected chi connectivity index (χ2v) is 4.55. The van der Waals surface area contributed by atoms with E-state index in [2.05, 4.69) is 15.9 Å². The first kappa shape index (κ1) is 11.5. The van der Waals surface area contributed by atoms with Gasteiger partial charge in [0.2, 0.25) is 0 Å². The molecule has 0 fully saturated rings. The predicted octanol–water partition coefficient (Wildman–Crippen LogP) is 2.66. The third-order valence-electron chi connectivity index (χ3n) is 2.66. The molecule has 0 unspecified atom stereocenters. The molecule has 1 aromatic carbocycles. The highest BCUT2D eigenvalue weighted by Gasteiger charge is 2.19. The Morgan fingerprint density at radius 3 is 2.94 bits per heavy atom. The van der Waals surface area contributed by atoms with Crippen molar-refractivity contribution in [3.05, 3.63) is 21.7 Å². The summed E-state index contributed by atoms with van der Waals surface area (Å²) >= 11 is 3.50. The number of aldehydes is 1. The van der Waals surface area contributed by atoms with Crippen molar-refractivity contribution in [2.75, 3.05) is 13.2 Å². The Labute approximate surface area is 103 Å². The summed E-state index contributed by atoms with van der Waals surface area (Å²) in [6.07, 6.45) is 2.19. The van der Waals surface area contributed by atoms with Gasteiger partial charge in [-0.25, -0.2) is 0 Å². The van der Waals surface area contributed by atoms with Crippen LogP contribution in [0.3, 0.4) is 0 Å². The lowest BCUT2D eigenvalue weighted by molar-refractivity contribution is -0.107. The number of carbonyl (C=O) groups is 1. The summed E-state index contributed by atoms with van der Waals surface area (Å²) in [6, 6.07) is 1.92. The minimum absolute atomic E-state index is 0.527. The zero-order valence-electron chi connectivity index (χ0n) is 9.09. The quantitative estimate of drug-likeness (QED) is 0.801. The van der Waals surface area contributed by atoms with Crippen LogP contribution < -0.4 is 9.47 Å². The third kappa shape index (κ3) is 2.07. The average Bonchev–Trinajstić information content (AvgIpc) is 2.29. The summed E-state index contributed by atoms with van der Waals surface area (Å²) < 4.78 is 12.1. The summed E-state index contributed by atoms with van der Waals surface area (Å²) in [4.78, 5) is 10.4. The van der Waals surface area contributed by atoms with Crippen LogP contribution in [-0.4, -0.2) is 19.5 Å². The molecule has 0 saturated heterocycles. The molecule has 1 aliphatic rings. The maximum absolute atomic E-state index is 10.4. The first-order chi connectivity index (χ1) is 7.74. The molecule has 2 rings (SSSR count). The van der Waals surface area contributed by atoms with Crippen molar-refractivity contribution in [3.63, 3.8) is 0 Å². The zero-order valence-corrected chi connectivity index (χ0v) is 10.7. The molecule has 86 valence electrons. The van der Waals surface area contributed by atoms with Gasteiger partial charge in [0, 0.05) is 10.9 Å². The van der Waals surface area contributed by atoms with Crippen LogP contribution in [0.4, 0.5) is 0 Å². The van der Waals surface area contributed by atoms with Crippen molar-refractivity contribution in [2.45, 2.75) is 19.8 Å². The van der Waals surface area contributed by atoms with Crippen molar-refractivity contribution >= 4 is 22.2 Å². The van der Waals surface area contributed by atoms with Crippen LogP contribution in [0.1, 0.15) is 17.5 Å². The Kier molecular flexibility index (Phi) is 3.49. The maximum Gasteiger partial charge on any atom is 0.164 e. The van der Waals surface area contributed by atoms with Crippen LogP contribution in [0.5, 0.6) is 11.5 Å². The van der Waals surface area contributed by atoms with Gasteiger partial charge in [-0.3, -0.25) is 0 Å². The fraction of sp³-hybridized carbons (Fsp3) is 0.417. The first-order valence-electron chi connectivity index (χ1n) is 5.25. The van der Waals surface area contributed by atoms with E-state index in [1.807, 2.05) is 13.0 Å². The van der Waals surface area contributed by atoms with Crippen LogP contribution in [0.25, 0.3) is 0 Å². The SMILES string of the molecule is Cc1c(CCC=O)c(Br)cc2c1OCCO2. The van der Waals surface area contributed by atoms with Gasteiger partial charge in [-0.2, -0.15) is 0 Å². The molecular weight excluding hydrogens is 272 g/mol. The van der Waals surface area contributed by atoms with Crippen molar-refractivity contribution < 1.29 is 14.3 Å². The fourth-order valence-electron chi connectivity index (χ4n) is 1.86. The summed E-state index contributed by atoms with van der Waals surface area (Å²) in [5, 5.41) is 0. The van der Waals surface area contributed by atoms with Gasteiger partial charge >= 0.3 is 0 Å². The van der Waals surface area contributed by atoms with Crippen molar-refractivity contribution in [1.29, 1.82) is 0 Å². The molecular formula is C12H13BrO3. The van der Waals surface area contributed by atoms with E-state index in [4.69, 9.17) is 9.47 Å². The molecule has 3 nitrogen and oxygen atoms in total. The number of carbonyl (C=O) groups excluding carboxylic acids is 1. The number of rotatable bonds is 3. The standard InChI is InChI=1S/C12H13BrO3/c1-8-9(3-2-4-14)10(13)7-11-12(8)16-6-5-15-11/h4,7H,2-3,5-6H2,1H3. The Hall–Kier alpha value is -1.03. The smallest absolute Gasteiger partial charge is 0.164 e. The van der Waals surface area contributed by atoms with Gasteiger partial charge in [0.1, 0.15) is 19.5 Å². The molecule has 4 heteroatoms. The number of ether oxygens (including phenoxy) is 2. The van der Waals surface area contributed by atoms with Crippen molar-refractivity contribution in [3.8, 4) is 11.5 Å². The van der Waals surface area contributed by atoms with Gasteiger partial charge in [-0.05, 0) is 30.5 Å². The first-order valence-corrected chi connectivity index (χ1v) is 6.04. The molecule has 0 radical (unpaired) electrons. The summed E-state index contributed by atoms with van der Waals surface area (Å²) in [5.74, 6) is 1.60. The van der Waals surface area contributed by atoms with Crippen LogP contribution >= 0.6 is 15.9 Å². The summed E-state index contributed by atoms with van der Waals surface area (Å²) in [5.41, 5.74) is 2.18. The van der Waals surface area contributed by atoms with Gasteiger partial charge in [-0.15, -0.1) is 0 Å². The van der Waals surface area contributed by atoms with E-state index >= 15 is 0 Å². The number of hydrogen-bond acceptors (Lipinski definition) is 3. The zero-order chi connectivity index (χ0) is 11.5. The minimum atomic E-state index is 0.527. The van der Waals surface area contributed by atoms with E-state index < -0.39 is 0 Å². The van der Waals surface area contributed by atoms with Crippen LogP contribution in [-0.2, 0) is 11.2 Å². The highest BCUT2D eigenvalue weighted by molar-refractivity contribution is 9.10. The van der Waals surface area contributed by atoms with Gasteiger partial charge < -0.3 is 14.3 Å². The van der Waals surface area contributed by atoms with E-state index in [1.54, 1.807) is 0 Å². The summed E-state index contributed by atoms with van der Waals surface area (Å²) in [6.45, 7) is 3.17. The number of halogens is 1. The molecule has 16 heavy (non-hydrogen) atoms. The fourth-order valence-corrected chi connectivity index (χ4v) is 2.56. The Balaban J connectivity index is 2.41. The molecule has 0 spiro atoms. The van der Waals surface area contributed by atoms with Crippen molar-refractivity contribution in [2.24, 2.45) is 0 Å². The molecule has 1 heterocycles. The van der Waals surface area contributed by atoms with E-state index in [1.165, 1.54) is 0 Å². The average molecular weight is 285 g/mol. The van der Waals surface area contributed by atoms with E-state index in [-0.39, 0.29) is 0 Å². The third-order valence-corrected chi connectivity index (χ3v) is 3.37. The molecule has 0 saturated carbocycles. The Bertz CT molecular complexity index is 415. The van der Waals surface area contributed by atoms with Crippen LogP contribution in [0.2, 0.25) is 0 Å². The Morgan fingerprint density at radius 1 is 1.44 bits per heavy atom.